The molecule has 0 aliphatic rings. The van der Waals surface area contributed by atoms with Gasteiger partial charge in [-0.25, -0.2) is 5.43 Å². The van der Waals surface area contributed by atoms with Gasteiger partial charge < -0.3 is 5.32 Å². The van der Waals surface area contributed by atoms with Gasteiger partial charge in [-0.05, 0) is 42.7 Å². The first-order chi connectivity index (χ1) is 11.1. The monoisotopic (exact) mass is 309 g/mol. The maximum atomic E-state index is 12.0. The third kappa shape index (κ3) is 5.07. The van der Waals surface area contributed by atoms with Crippen LogP contribution in [0.5, 0.6) is 0 Å². The van der Waals surface area contributed by atoms with Crippen molar-refractivity contribution in [3.05, 3.63) is 70.8 Å². The van der Waals surface area contributed by atoms with E-state index in [2.05, 4.69) is 15.8 Å². The Morgan fingerprint density at radius 1 is 1.04 bits per heavy atom. The molecule has 0 atom stereocenters. The van der Waals surface area contributed by atoms with Crippen LogP contribution in [0.25, 0.3) is 0 Å². The summed E-state index contributed by atoms with van der Waals surface area (Å²) in [5.74, 6) is -0.662. The summed E-state index contributed by atoms with van der Waals surface area (Å²) >= 11 is 0. The lowest BCUT2D eigenvalue weighted by atomic mass is 10.1. The highest BCUT2D eigenvalue weighted by Crippen LogP contribution is 2.09. The third-order valence-corrected chi connectivity index (χ3v) is 3.38. The average Bonchev–Trinajstić information content (AvgIpc) is 2.56. The minimum atomic E-state index is -0.380. The Bertz CT molecular complexity index is 724. The van der Waals surface area contributed by atoms with E-state index in [9.17, 15) is 9.59 Å². The van der Waals surface area contributed by atoms with E-state index in [1.807, 2.05) is 50.2 Å². The zero-order valence-corrected chi connectivity index (χ0v) is 13.2. The van der Waals surface area contributed by atoms with Gasteiger partial charge in [-0.3, -0.25) is 9.59 Å². The fourth-order valence-corrected chi connectivity index (χ4v) is 1.90. The van der Waals surface area contributed by atoms with Gasteiger partial charge in [-0.2, -0.15) is 5.10 Å². The van der Waals surface area contributed by atoms with Crippen molar-refractivity contribution >= 4 is 18.0 Å². The molecule has 5 heteroatoms. The summed E-state index contributed by atoms with van der Waals surface area (Å²) in [5, 5.41) is 6.41. The first kappa shape index (κ1) is 16.4. The summed E-state index contributed by atoms with van der Waals surface area (Å²) in [4.78, 5) is 23.6. The molecule has 0 aliphatic heterocycles. The third-order valence-electron chi connectivity index (χ3n) is 3.38. The normalized spacial score (nSPS) is 10.5. The second kappa shape index (κ2) is 7.89. The first-order valence-electron chi connectivity index (χ1n) is 7.28. The number of carbonyl (C=O) groups excluding carboxylic acids is 2. The van der Waals surface area contributed by atoms with Gasteiger partial charge in [0.05, 0.1) is 12.8 Å². The molecule has 2 aromatic rings. The second-order valence-corrected chi connectivity index (χ2v) is 5.19. The molecule has 5 nitrogen and oxygen atoms in total. The summed E-state index contributed by atoms with van der Waals surface area (Å²) in [6.45, 7) is 3.80. The first-order valence-corrected chi connectivity index (χ1v) is 7.28. The highest BCUT2D eigenvalue weighted by molar-refractivity contribution is 5.96. The van der Waals surface area contributed by atoms with Crippen LogP contribution in [0.3, 0.4) is 0 Å². The van der Waals surface area contributed by atoms with Crippen LogP contribution in [0.1, 0.15) is 27.0 Å². The Hall–Kier alpha value is -2.95. The van der Waals surface area contributed by atoms with Gasteiger partial charge in [0.1, 0.15) is 0 Å². The fourth-order valence-electron chi connectivity index (χ4n) is 1.90. The number of benzene rings is 2. The molecule has 0 aliphatic carbocycles. The van der Waals surface area contributed by atoms with Crippen molar-refractivity contribution in [3.8, 4) is 0 Å². The minimum absolute atomic E-state index is 0.127. The number of aryl methyl sites for hydroxylation is 2. The van der Waals surface area contributed by atoms with Gasteiger partial charge in [-0.15, -0.1) is 0 Å². The average molecular weight is 309 g/mol. The van der Waals surface area contributed by atoms with Crippen LogP contribution in [0.4, 0.5) is 0 Å². The van der Waals surface area contributed by atoms with Crippen LogP contribution < -0.4 is 10.7 Å². The number of hydrazone groups is 1. The van der Waals surface area contributed by atoms with E-state index < -0.39 is 0 Å². The quantitative estimate of drug-likeness (QED) is 0.656. The zero-order chi connectivity index (χ0) is 16.7. The van der Waals surface area contributed by atoms with E-state index in [1.54, 1.807) is 18.3 Å². The molecule has 0 heterocycles. The van der Waals surface area contributed by atoms with Crippen LogP contribution in [0, 0.1) is 13.8 Å². The molecule has 0 spiro atoms. The van der Waals surface area contributed by atoms with Crippen LogP contribution in [0.15, 0.2) is 53.6 Å². The van der Waals surface area contributed by atoms with Crippen LogP contribution in [-0.4, -0.2) is 24.6 Å². The highest BCUT2D eigenvalue weighted by atomic mass is 16.2. The Balaban J connectivity index is 1.80. The van der Waals surface area contributed by atoms with E-state index in [0.29, 0.717) is 5.56 Å². The number of carbonyl (C=O) groups is 2. The van der Waals surface area contributed by atoms with Gasteiger partial charge in [0.2, 0.25) is 0 Å². The number of nitrogens with one attached hydrogen (secondary N) is 2. The maximum Gasteiger partial charge on any atom is 0.259 e. The van der Waals surface area contributed by atoms with E-state index >= 15 is 0 Å². The smallest absolute Gasteiger partial charge is 0.259 e. The molecule has 0 bridgehead atoms. The molecule has 118 valence electrons. The number of rotatable bonds is 5. The van der Waals surface area contributed by atoms with E-state index in [-0.39, 0.29) is 18.4 Å². The number of nitrogens with zero attached hydrogens (tertiary/aromatic N) is 1. The number of amides is 2. The van der Waals surface area contributed by atoms with Gasteiger partial charge in [-0.1, -0.05) is 36.4 Å². The SMILES string of the molecule is Cc1ccc(C(=O)NCC(=O)N/N=C\c2ccccc2)cc1C. The molecule has 2 aromatic carbocycles. The van der Waals surface area contributed by atoms with Crippen molar-refractivity contribution in [1.29, 1.82) is 0 Å². The molecular weight excluding hydrogens is 290 g/mol. The van der Waals surface area contributed by atoms with Crippen LogP contribution in [-0.2, 0) is 4.79 Å². The van der Waals surface area contributed by atoms with Crippen molar-refractivity contribution < 1.29 is 9.59 Å². The van der Waals surface area contributed by atoms with Crippen LogP contribution in [0.2, 0.25) is 0 Å². The molecule has 2 N–H and O–H groups in total. The van der Waals surface area contributed by atoms with Crippen molar-refractivity contribution in [2.24, 2.45) is 5.10 Å². The maximum absolute atomic E-state index is 12.0. The molecule has 0 unspecified atom stereocenters. The topological polar surface area (TPSA) is 70.6 Å². The Morgan fingerprint density at radius 3 is 2.48 bits per heavy atom. The number of hydrogen-bond donors (Lipinski definition) is 2. The predicted molar refractivity (Wildman–Crippen MR) is 90.4 cm³/mol. The summed E-state index contributed by atoms with van der Waals surface area (Å²) in [6, 6.07) is 14.8. The van der Waals surface area contributed by atoms with Crippen molar-refractivity contribution in [1.82, 2.24) is 10.7 Å². The van der Waals surface area contributed by atoms with Crippen LogP contribution >= 0.6 is 0 Å². The zero-order valence-electron chi connectivity index (χ0n) is 13.2. The summed E-state index contributed by atoms with van der Waals surface area (Å²) < 4.78 is 0. The lowest BCUT2D eigenvalue weighted by Crippen LogP contribution is -2.34. The Labute approximate surface area is 135 Å². The predicted octanol–water partition coefficient (Wildman–Crippen LogP) is 2.18. The summed E-state index contributed by atoms with van der Waals surface area (Å²) in [7, 11) is 0. The van der Waals surface area contributed by atoms with Gasteiger partial charge in [0.15, 0.2) is 0 Å². The van der Waals surface area contributed by atoms with E-state index in [4.69, 9.17) is 0 Å². The fraction of sp³-hybridized carbons (Fsp3) is 0.167. The van der Waals surface area contributed by atoms with Gasteiger partial charge in [0, 0.05) is 5.56 Å². The molecule has 0 fully saturated rings. The molecule has 2 rings (SSSR count). The lowest BCUT2D eigenvalue weighted by Gasteiger charge is -2.06. The highest BCUT2D eigenvalue weighted by Gasteiger charge is 2.08. The van der Waals surface area contributed by atoms with E-state index in [0.717, 1.165) is 16.7 Å². The second-order valence-electron chi connectivity index (χ2n) is 5.19. The standard InChI is InChI=1S/C18H19N3O2/c1-13-8-9-16(10-14(13)2)18(23)19-12-17(22)21-20-11-15-6-4-3-5-7-15/h3-11H,12H2,1-2H3,(H,19,23)(H,21,22)/b20-11-. The van der Waals surface area contributed by atoms with Gasteiger partial charge >= 0.3 is 0 Å². The molecule has 0 saturated heterocycles. The van der Waals surface area contributed by atoms with Crippen molar-refractivity contribution in [2.45, 2.75) is 13.8 Å². The van der Waals surface area contributed by atoms with Gasteiger partial charge in [0.25, 0.3) is 11.8 Å². The Morgan fingerprint density at radius 2 is 1.78 bits per heavy atom. The molecule has 0 radical (unpaired) electrons. The molecular formula is C18H19N3O2. The molecule has 2 amide bonds. The molecule has 0 saturated carbocycles. The molecule has 23 heavy (non-hydrogen) atoms. The largest absolute Gasteiger partial charge is 0.343 e. The van der Waals surface area contributed by atoms with Crippen molar-refractivity contribution in [2.75, 3.05) is 6.54 Å². The summed E-state index contributed by atoms with van der Waals surface area (Å²) in [6.07, 6.45) is 1.54. The number of hydrogen-bond acceptors (Lipinski definition) is 3. The lowest BCUT2D eigenvalue weighted by molar-refractivity contribution is -0.120. The summed E-state index contributed by atoms with van der Waals surface area (Å²) in [5.41, 5.74) is 5.95. The van der Waals surface area contributed by atoms with E-state index in [1.165, 1.54) is 0 Å². The Kier molecular flexibility index (Phi) is 5.63. The van der Waals surface area contributed by atoms with Crippen molar-refractivity contribution in [3.63, 3.8) is 0 Å². The minimum Gasteiger partial charge on any atom is -0.343 e. The molecule has 0 aromatic heterocycles.